The van der Waals surface area contributed by atoms with Crippen LogP contribution in [0.25, 0.3) is 10.2 Å². The summed E-state index contributed by atoms with van der Waals surface area (Å²) in [5.74, 6) is 1.91. The molecule has 0 spiro atoms. The largest absolute Gasteiger partial charge is 0.337 e. The fourth-order valence-corrected chi connectivity index (χ4v) is 6.39. The molecule has 2 N–H and O–H groups in total. The summed E-state index contributed by atoms with van der Waals surface area (Å²) in [5.41, 5.74) is 7.06. The average molecular weight is 423 g/mol. The minimum absolute atomic E-state index is 0. The van der Waals surface area contributed by atoms with Gasteiger partial charge in [0.15, 0.2) is 0 Å². The van der Waals surface area contributed by atoms with E-state index in [1.807, 2.05) is 16.4 Å². The minimum Gasteiger partial charge on any atom is -0.337 e. The summed E-state index contributed by atoms with van der Waals surface area (Å²) in [4.78, 5) is 34.5. The highest BCUT2D eigenvalue weighted by Crippen LogP contribution is 2.39. The van der Waals surface area contributed by atoms with Crippen molar-refractivity contribution in [2.24, 2.45) is 17.6 Å². The third kappa shape index (κ3) is 2.99. The molecule has 2 aromatic heterocycles. The number of carbonyl (C=O) groups excluding carboxylic acids is 1. The van der Waals surface area contributed by atoms with Gasteiger partial charge in [0.2, 0.25) is 0 Å². The lowest BCUT2D eigenvalue weighted by Gasteiger charge is -2.18. The molecular formula is C20H27ClN4O2S. The zero-order valence-corrected chi connectivity index (χ0v) is 17.8. The number of hydrogen-bond donors (Lipinski definition) is 1. The Balaban J connectivity index is 0.00000192. The second kappa shape index (κ2) is 7.43. The molecule has 152 valence electrons. The Morgan fingerprint density at radius 2 is 2.04 bits per heavy atom. The van der Waals surface area contributed by atoms with Gasteiger partial charge in [0, 0.05) is 32.1 Å². The van der Waals surface area contributed by atoms with Crippen LogP contribution < -0.4 is 11.3 Å². The number of aromatic nitrogens is 2. The SMILES string of the molecule is Cc1c(C(=O)N2CC3CCC(N)C3C2)sc2nc3n(c(=O)c12)CCCCC3.Cl. The van der Waals surface area contributed by atoms with Crippen molar-refractivity contribution >= 4 is 39.9 Å². The van der Waals surface area contributed by atoms with Crippen molar-refractivity contribution in [3.8, 4) is 0 Å². The summed E-state index contributed by atoms with van der Waals surface area (Å²) >= 11 is 1.39. The highest BCUT2D eigenvalue weighted by Gasteiger charge is 2.43. The number of likely N-dealkylation sites (tertiary alicyclic amines) is 1. The van der Waals surface area contributed by atoms with Crippen LogP contribution in [0.4, 0.5) is 0 Å². The van der Waals surface area contributed by atoms with E-state index < -0.39 is 0 Å². The molecule has 5 rings (SSSR count). The van der Waals surface area contributed by atoms with Gasteiger partial charge >= 0.3 is 0 Å². The second-order valence-corrected chi connectivity index (χ2v) is 9.41. The van der Waals surface area contributed by atoms with Crippen molar-refractivity contribution in [3.05, 3.63) is 26.6 Å². The number of carbonyl (C=O) groups is 1. The lowest BCUT2D eigenvalue weighted by molar-refractivity contribution is 0.0784. The number of amides is 1. The van der Waals surface area contributed by atoms with E-state index in [0.29, 0.717) is 22.1 Å². The predicted octanol–water partition coefficient (Wildman–Crippen LogP) is 2.72. The van der Waals surface area contributed by atoms with Crippen LogP contribution in [0, 0.1) is 18.8 Å². The summed E-state index contributed by atoms with van der Waals surface area (Å²) in [6, 6.07) is 0.221. The molecule has 0 radical (unpaired) electrons. The summed E-state index contributed by atoms with van der Waals surface area (Å²) in [5, 5.41) is 0.644. The van der Waals surface area contributed by atoms with Gasteiger partial charge in [-0.15, -0.1) is 23.7 Å². The molecule has 1 aliphatic carbocycles. The van der Waals surface area contributed by atoms with Crippen molar-refractivity contribution in [1.82, 2.24) is 14.5 Å². The molecule has 8 heteroatoms. The molecule has 0 bridgehead atoms. The molecular weight excluding hydrogens is 396 g/mol. The maximum Gasteiger partial charge on any atom is 0.264 e. The van der Waals surface area contributed by atoms with E-state index in [-0.39, 0.29) is 29.9 Å². The van der Waals surface area contributed by atoms with Crippen LogP contribution in [-0.2, 0) is 13.0 Å². The first kappa shape index (κ1) is 19.9. The second-order valence-electron chi connectivity index (χ2n) is 8.41. The molecule has 28 heavy (non-hydrogen) atoms. The lowest BCUT2D eigenvalue weighted by atomic mass is 9.98. The summed E-state index contributed by atoms with van der Waals surface area (Å²) in [6.07, 6.45) is 6.27. The van der Waals surface area contributed by atoms with Gasteiger partial charge in [0.25, 0.3) is 11.5 Å². The van der Waals surface area contributed by atoms with Gasteiger partial charge in [0.1, 0.15) is 10.7 Å². The number of nitrogens with zero attached hydrogens (tertiary/aromatic N) is 3. The van der Waals surface area contributed by atoms with Crippen LogP contribution in [-0.4, -0.2) is 39.5 Å². The van der Waals surface area contributed by atoms with Crippen LogP contribution >= 0.6 is 23.7 Å². The Morgan fingerprint density at radius 3 is 2.82 bits per heavy atom. The maximum atomic E-state index is 13.2. The van der Waals surface area contributed by atoms with Crippen LogP contribution in [0.2, 0.25) is 0 Å². The molecule has 2 aromatic rings. The highest BCUT2D eigenvalue weighted by molar-refractivity contribution is 7.20. The van der Waals surface area contributed by atoms with Crippen molar-refractivity contribution in [2.45, 2.75) is 58.0 Å². The maximum absolute atomic E-state index is 13.2. The highest BCUT2D eigenvalue weighted by atomic mass is 35.5. The zero-order valence-electron chi connectivity index (χ0n) is 16.1. The molecule has 1 amide bonds. The Bertz CT molecular complexity index is 985. The summed E-state index contributed by atoms with van der Waals surface area (Å²) in [7, 11) is 0. The number of nitrogens with two attached hydrogens (primary N) is 1. The van der Waals surface area contributed by atoms with E-state index in [9.17, 15) is 9.59 Å². The molecule has 3 atom stereocenters. The number of hydrogen-bond acceptors (Lipinski definition) is 5. The molecule has 4 heterocycles. The van der Waals surface area contributed by atoms with Crippen LogP contribution in [0.5, 0.6) is 0 Å². The van der Waals surface area contributed by atoms with Gasteiger partial charge in [-0.25, -0.2) is 4.98 Å². The molecule has 0 aromatic carbocycles. The fraction of sp³-hybridized carbons (Fsp3) is 0.650. The van der Waals surface area contributed by atoms with E-state index in [1.54, 1.807) is 0 Å². The van der Waals surface area contributed by atoms with E-state index in [2.05, 4.69) is 0 Å². The monoisotopic (exact) mass is 422 g/mol. The van der Waals surface area contributed by atoms with Crippen molar-refractivity contribution < 1.29 is 4.79 Å². The number of rotatable bonds is 1. The molecule has 3 aliphatic rings. The minimum atomic E-state index is 0. The molecule has 3 unspecified atom stereocenters. The first-order chi connectivity index (χ1) is 13.0. The third-order valence-electron chi connectivity index (χ3n) is 6.81. The Labute approximate surface area is 174 Å². The quantitative estimate of drug-likeness (QED) is 0.766. The third-order valence-corrected chi connectivity index (χ3v) is 7.98. The van der Waals surface area contributed by atoms with Gasteiger partial charge in [-0.3, -0.25) is 14.2 Å². The molecule has 2 fully saturated rings. The first-order valence-electron chi connectivity index (χ1n) is 10.1. The van der Waals surface area contributed by atoms with E-state index >= 15 is 0 Å². The first-order valence-corrected chi connectivity index (χ1v) is 10.9. The standard InChI is InChI=1S/C20H26N4O2S.ClH/c1-11-16-18(22-15-5-3-2-4-8-24(15)19(16)25)27-17(11)20(26)23-9-12-6-7-14(21)13(12)10-23;/h12-14H,2-10,21H2,1H3;1H. The molecule has 1 saturated carbocycles. The van der Waals surface area contributed by atoms with Gasteiger partial charge in [-0.2, -0.15) is 0 Å². The van der Waals surface area contributed by atoms with Crippen LogP contribution in [0.1, 0.15) is 53.2 Å². The zero-order chi connectivity index (χ0) is 18.7. The topological polar surface area (TPSA) is 81.2 Å². The Morgan fingerprint density at radius 1 is 1.21 bits per heavy atom. The normalized spacial score (nSPS) is 26.6. The fourth-order valence-electron chi connectivity index (χ4n) is 5.23. The number of thiophene rings is 1. The number of halogens is 1. The predicted molar refractivity (Wildman–Crippen MR) is 114 cm³/mol. The number of fused-ring (bicyclic) bond motifs is 3. The van der Waals surface area contributed by atoms with E-state index in [4.69, 9.17) is 10.7 Å². The Hall–Kier alpha value is -1.44. The van der Waals surface area contributed by atoms with Gasteiger partial charge in [-0.05, 0) is 50.0 Å². The lowest BCUT2D eigenvalue weighted by Crippen LogP contribution is -2.33. The van der Waals surface area contributed by atoms with Crippen molar-refractivity contribution in [3.63, 3.8) is 0 Å². The summed E-state index contributed by atoms with van der Waals surface area (Å²) < 4.78 is 1.84. The average Bonchev–Trinajstić information content (AvgIpc) is 3.25. The summed E-state index contributed by atoms with van der Waals surface area (Å²) in [6.45, 7) is 4.19. The molecule has 2 aliphatic heterocycles. The van der Waals surface area contributed by atoms with Gasteiger partial charge < -0.3 is 10.6 Å². The number of aryl methyl sites for hydroxylation is 2. The van der Waals surface area contributed by atoms with E-state index in [1.165, 1.54) is 11.3 Å². The van der Waals surface area contributed by atoms with Gasteiger partial charge in [0.05, 0.1) is 10.3 Å². The smallest absolute Gasteiger partial charge is 0.264 e. The van der Waals surface area contributed by atoms with Crippen molar-refractivity contribution in [1.29, 1.82) is 0 Å². The van der Waals surface area contributed by atoms with Crippen LogP contribution in [0.3, 0.4) is 0 Å². The van der Waals surface area contributed by atoms with E-state index in [0.717, 1.165) is 74.4 Å². The molecule has 6 nitrogen and oxygen atoms in total. The van der Waals surface area contributed by atoms with Crippen LogP contribution in [0.15, 0.2) is 4.79 Å². The molecule has 1 saturated heterocycles. The Kier molecular flexibility index (Phi) is 5.27. The van der Waals surface area contributed by atoms with Crippen molar-refractivity contribution in [2.75, 3.05) is 13.1 Å². The van der Waals surface area contributed by atoms with Gasteiger partial charge in [-0.1, -0.05) is 6.42 Å².